The van der Waals surface area contributed by atoms with Crippen molar-refractivity contribution in [1.82, 2.24) is 15.0 Å². The number of aliphatic carboxylic acids is 1. The van der Waals surface area contributed by atoms with Crippen molar-refractivity contribution < 1.29 is 42.2 Å². The molecule has 222 valence electrons. The van der Waals surface area contributed by atoms with Gasteiger partial charge < -0.3 is 24.5 Å². The number of carboxylic acid groups (broad SMARTS) is 1. The highest BCUT2D eigenvalue weighted by Gasteiger charge is 2.52. The minimum atomic E-state index is -4.43. The minimum absolute atomic E-state index is 0.128. The van der Waals surface area contributed by atoms with Gasteiger partial charge in [0.2, 0.25) is 0 Å². The molecule has 0 saturated carbocycles. The number of piperidine rings is 1. The Balaban J connectivity index is 1.00. The van der Waals surface area contributed by atoms with Crippen LogP contribution in [0.1, 0.15) is 24.0 Å². The van der Waals surface area contributed by atoms with Gasteiger partial charge in [-0.2, -0.15) is 22.9 Å². The summed E-state index contributed by atoms with van der Waals surface area (Å²) >= 11 is 0. The summed E-state index contributed by atoms with van der Waals surface area (Å²) in [7, 11) is 0. The molecular formula is C30H27F3N5O5+. The Bertz CT molecular complexity index is 1710. The Kier molecular flexibility index (Phi) is 6.22. The van der Waals surface area contributed by atoms with E-state index >= 15 is 0 Å². The van der Waals surface area contributed by atoms with Gasteiger partial charge in [0.15, 0.2) is 5.60 Å². The highest BCUT2D eigenvalue weighted by molar-refractivity contribution is 5.83. The van der Waals surface area contributed by atoms with Crippen LogP contribution >= 0.6 is 0 Å². The van der Waals surface area contributed by atoms with E-state index in [1.807, 2.05) is 12.1 Å². The van der Waals surface area contributed by atoms with Crippen LogP contribution in [0.4, 0.5) is 29.5 Å². The molecule has 3 N–H and O–H groups in total. The third-order valence-corrected chi connectivity index (χ3v) is 8.78. The van der Waals surface area contributed by atoms with Gasteiger partial charge in [-0.05, 0) is 48.0 Å². The number of ether oxygens (including phenoxy) is 2. The second-order valence-corrected chi connectivity index (χ2v) is 11.4. The van der Waals surface area contributed by atoms with E-state index in [2.05, 4.69) is 19.9 Å². The van der Waals surface area contributed by atoms with Gasteiger partial charge in [-0.1, -0.05) is 12.1 Å². The molecule has 3 aliphatic rings. The lowest BCUT2D eigenvalue weighted by Gasteiger charge is -2.37. The third kappa shape index (κ3) is 4.68. The van der Waals surface area contributed by atoms with Crippen LogP contribution < -0.4 is 9.80 Å². The minimum Gasteiger partial charge on any atom is -0.480 e. The topological polar surface area (TPSA) is 122 Å². The summed E-state index contributed by atoms with van der Waals surface area (Å²) in [6.45, 7) is 1.98. The van der Waals surface area contributed by atoms with Crippen molar-refractivity contribution in [3.63, 3.8) is 0 Å². The lowest BCUT2D eigenvalue weighted by Crippen LogP contribution is -3.08. The smallest absolute Gasteiger partial charge is 0.480 e. The maximum absolute atomic E-state index is 13.1. The molecule has 3 fully saturated rings. The number of quaternary nitrogens is 1. The number of pyridine rings is 1. The molecular weight excluding hydrogens is 567 g/mol. The summed E-state index contributed by atoms with van der Waals surface area (Å²) in [5, 5.41) is 9.65. The van der Waals surface area contributed by atoms with Gasteiger partial charge in [0.05, 0.1) is 29.8 Å². The van der Waals surface area contributed by atoms with Gasteiger partial charge in [-0.15, -0.1) is 0 Å². The first kappa shape index (κ1) is 27.3. The van der Waals surface area contributed by atoms with E-state index in [-0.39, 0.29) is 19.3 Å². The Morgan fingerprint density at radius 1 is 1.05 bits per heavy atom. The number of hydrogen-bond acceptors (Lipinski definition) is 7. The van der Waals surface area contributed by atoms with Gasteiger partial charge in [0, 0.05) is 37.7 Å². The number of amides is 1. The average Bonchev–Trinajstić information content (AvgIpc) is 3.53. The fraction of sp³-hybridized carbons (Fsp3) is 0.333. The number of fused-ring (bicyclic) bond motifs is 1. The van der Waals surface area contributed by atoms with E-state index < -0.39 is 28.7 Å². The Morgan fingerprint density at radius 2 is 1.79 bits per heavy atom. The molecule has 0 radical (unpaired) electrons. The van der Waals surface area contributed by atoms with E-state index in [0.29, 0.717) is 65.4 Å². The third-order valence-electron chi connectivity index (χ3n) is 8.78. The number of nitrogens with zero attached hydrogens (tertiary/aromatic N) is 3. The maximum atomic E-state index is 13.1. The number of aromatic nitrogens is 3. The first-order chi connectivity index (χ1) is 20.6. The molecule has 43 heavy (non-hydrogen) atoms. The SMILES string of the molecule is O=C1OC2(CCN(c3ccc(-c4nc5ccc(C(F)(F)F)cc5[nH]4)cn3)CC2)C[NH+]1c1ccc(C2(C(=O)O)COC2)cc1. The molecule has 0 aliphatic carbocycles. The number of nitrogens with one attached hydrogen (secondary N) is 2. The highest BCUT2D eigenvalue weighted by Crippen LogP contribution is 2.35. The zero-order valence-electron chi connectivity index (χ0n) is 22.8. The van der Waals surface area contributed by atoms with E-state index in [1.165, 1.54) is 6.07 Å². The molecule has 1 atom stereocenters. The molecule has 1 amide bonds. The number of alkyl carbamates (subject to hydrolysis) is 1. The largest absolute Gasteiger partial charge is 0.520 e. The number of carbonyl (C=O) groups is 2. The van der Waals surface area contributed by atoms with Crippen molar-refractivity contribution in [1.29, 1.82) is 0 Å². The number of alkyl halides is 3. The number of imidazole rings is 1. The quantitative estimate of drug-likeness (QED) is 0.320. The number of carbonyl (C=O) groups excluding carboxylic acids is 1. The fourth-order valence-electron chi connectivity index (χ4n) is 6.08. The number of aromatic amines is 1. The molecule has 10 nitrogen and oxygen atoms in total. The van der Waals surface area contributed by atoms with Crippen LogP contribution in [0, 0.1) is 0 Å². The number of carboxylic acids is 1. The predicted molar refractivity (Wildman–Crippen MR) is 147 cm³/mol. The van der Waals surface area contributed by atoms with E-state index in [4.69, 9.17) is 9.47 Å². The summed E-state index contributed by atoms with van der Waals surface area (Å²) in [5.41, 5.74) is 0.383. The molecule has 1 spiro atoms. The van der Waals surface area contributed by atoms with Gasteiger partial charge in [0.1, 0.15) is 29.3 Å². The monoisotopic (exact) mass is 594 g/mol. The second kappa shape index (κ2) is 9.78. The van der Waals surface area contributed by atoms with Crippen LogP contribution in [-0.2, 0) is 25.9 Å². The highest BCUT2D eigenvalue weighted by atomic mass is 19.4. The van der Waals surface area contributed by atoms with Crippen LogP contribution in [0.3, 0.4) is 0 Å². The van der Waals surface area contributed by atoms with Crippen molar-refractivity contribution in [2.75, 3.05) is 37.7 Å². The molecule has 0 bridgehead atoms. The van der Waals surface area contributed by atoms with E-state index in [9.17, 15) is 27.9 Å². The number of hydrogen-bond donors (Lipinski definition) is 3. The van der Waals surface area contributed by atoms with E-state index in [1.54, 1.807) is 30.5 Å². The lowest BCUT2D eigenvalue weighted by atomic mass is 9.78. The number of rotatable bonds is 5. The molecule has 3 aliphatic heterocycles. The first-order valence-corrected chi connectivity index (χ1v) is 13.8. The Morgan fingerprint density at radius 3 is 2.40 bits per heavy atom. The Labute approximate surface area is 243 Å². The maximum Gasteiger partial charge on any atom is 0.520 e. The lowest BCUT2D eigenvalue weighted by molar-refractivity contribution is -0.736. The summed E-state index contributed by atoms with van der Waals surface area (Å²) in [4.78, 5) is 39.3. The molecule has 4 aromatic rings. The van der Waals surface area contributed by atoms with Crippen molar-refractivity contribution >= 4 is 34.6 Å². The zero-order chi connectivity index (χ0) is 30.0. The van der Waals surface area contributed by atoms with Crippen LogP contribution in [0.15, 0.2) is 60.8 Å². The molecule has 5 heterocycles. The van der Waals surface area contributed by atoms with Gasteiger partial charge in [-0.25, -0.2) is 9.97 Å². The summed E-state index contributed by atoms with van der Waals surface area (Å²) < 4.78 is 50.3. The summed E-state index contributed by atoms with van der Waals surface area (Å²) in [6, 6.07) is 14.1. The molecule has 3 saturated heterocycles. The van der Waals surface area contributed by atoms with E-state index in [0.717, 1.165) is 23.6 Å². The van der Waals surface area contributed by atoms with Crippen molar-refractivity contribution in [3.8, 4) is 11.4 Å². The standard InChI is InChI=1S/C30H26F3N5O5/c31-30(32,33)20-4-7-22-23(13-20)36-25(35-22)18-1-8-24(34-14-18)37-11-9-28(10-12-37)15-38(27(41)43-28)21-5-2-19(3-6-21)29(26(39)40)16-42-17-29/h1-8,13-14H,9-12,15-17H2,(H,35,36)(H,39,40)/p+1. The van der Waals surface area contributed by atoms with Gasteiger partial charge in [0.25, 0.3) is 0 Å². The number of benzene rings is 2. The molecule has 2 aromatic heterocycles. The average molecular weight is 595 g/mol. The van der Waals surface area contributed by atoms with Crippen molar-refractivity contribution in [2.24, 2.45) is 0 Å². The fourth-order valence-corrected chi connectivity index (χ4v) is 6.08. The molecule has 7 rings (SSSR count). The number of anilines is 1. The van der Waals surface area contributed by atoms with Crippen molar-refractivity contribution in [3.05, 3.63) is 71.9 Å². The van der Waals surface area contributed by atoms with Gasteiger partial charge >= 0.3 is 18.2 Å². The summed E-state index contributed by atoms with van der Waals surface area (Å²) in [5.74, 6) is 0.247. The molecule has 1 unspecified atom stereocenters. The molecule has 13 heteroatoms. The second-order valence-electron chi connectivity index (χ2n) is 11.4. The molecule has 2 aromatic carbocycles. The zero-order valence-corrected chi connectivity index (χ0v) is 22.8. The van der Waals surface area contributed by atoms with Crippen LogP contribution in [0.25, 0.3) is 22.4 Å². The van der Waals surface area contributed by atoms with Crippen LogP contribution in [-0.4, -0.2) is 70.6 Å². The van der Waals surface area contributed by atoms with Crippen molar-refractivity contribution in [2.45, 2.75) is 30.0 Å². The summed E-state index contributed by atoms with van der Waals surface area (Å²) in [6.07, 6.45) is -1.91. The number of H-pyrrole nitrogens is 1. The van der Waals surface area contributed by atoms with Crippen LogP contribution in [0.5, 0.6) is 0 Å². The Hall–Kier alpha value is -4.49. The normalized spacial score (nSPS) is 21.1. The number of halogens is 3. The van der Waals surface area contributed by atoms with Gasteiger partial charge in [-0.3, -0.25) is 4.79 Å². The first-order valence-electron chi connectivity index (χ1n) is 13.8. The van der Waals surface area contributed by atoms with Crippen LogP contribution in [0.2, 0.25) is 0 Å². The predicted octanol–water partition coefficient (Wildman–Crippen LogP) is 3.70.